The van der Waals surface area contributed by atoms with E-state index < -0.39 is 0 Å². The average Bonchev–Trinajstić information content (AvgIpc) is 2.93. The van der Waals surface area contributed by atoms with Crippen molar-refractivity contribution in [2.45, 2.75) is 18.7 Å². The first-order valence-corrected chi connectivity index (χ1v) is 8.31. The molecule has 120 valence electrons. The first-order chi connectivity index (χ1) is 11.0. The molecule has 0 atom stereocenters. The van der Waals surface area contributed by atoms with Crippen molar-refractivity contribution >= 4 is 29.3 Å². The van der Waals surface area contributed by atoms with Gasteiger partial charge in [0.15, 0.2) is 5.82 Å². The number of nitrogens with zero attached hydrogens (tertiary/aromatic N) is 4. The smallest absolute Gasteiger partial charge is 0.252 e. The lowest BCUT2D eigenvalue weighted by atomic mass is 10.3. The summed E-state index contributed by atoms with van der Waals surface area (Å²) in [6, 6.07) is 7.06. The maximum Gasteiger partial charge on any atom is 0.252 e. The maximum absolute atomic E-state index is 12.2. The first-order valence-electron chi connectivity index (χ1n) is 6.95. The molecule has 6 nitrogen and oxygen atoms in total. The number of amides is 1. The summed E-state index contributed by atoms with van der Waals surface area (Å²) < 4.78 is 7.42. The van der Waals surface area contributed by atoms with Gasteiger partial charge in [0.05, 0.1) is 12.3 Å². The number of halogens is 1. The third-order valence-corrected chi connectivity index (χ3v) is 4.29. The van der Waals surface area contributed by atoms with Gasteiger partial charge in [-0.25, -0.2) is 9.69 Å². The molecule has 1 aliphatic heterocycles. The van der Waals surface area contributed by atoms with E-state index in [1.54, 1.807) is 34.0 Å². The van der Waals surface area contributed by atoms with Crippen LogP contribution in [0, 0.1) is 0 Å². The van der Waals surface area contributed by atoms with Crippen molar-refractivity contribution < 1.29 is 9.53 Å². The van der Waals surface area contributed by atoms with Gasteiger partial charge in [-0.05, 0) is 31.2 Å². The molecule has 2 aromatic rings. The van der Waals surface area contributed by atoms with Crippen LogP contribution in [0.5, 0.6) is 5.75 Å². The Bertz CT molecular complexity index is 744. The normalized spacial score (nSPS) is 13.8. The lowest BCUT2D eigenvalue weighted by Crippen LogP contribution is -2.46. The molecule has 0 saturated carbocycles. The Balaban J connectivity index is 1.81. The van der Waals surface area contributed by atoms with E-state index in [-0.39, 0.29) is 12.5 Å². The fraction of sp³-hybridized carbons (Fsp3) is 0.267. The summed E-state index contributed by atoms with van der Waals surface area (Å²) in [6.45, 7) is 6.38. The molecule has 1 aliphatic rings. The Morgan fingerprint density at radius 3 is 2.83 bits per heavy atom. The second kappa shape index (κ2) is 6.64. The zero-order chi connectivity index (χ0) is 16.4. The van der Waals surface area contributed by atoms with E-state index in [2.05, 4.69) is 16.8 Å². The van der Waals surface area contributed by atoms with E-state index in [9.17, 15) is 4.79 Å². The highest BCUT2D eigenvalue weighted by molar-refractivity contribution is 7.99. The summed E-state index contributed by atoms with van der Waals surface area (Å²) in [5.74, 6) is 1.59. The van der Waals surface area contributed by atoms with Gasteiger partial charge < -0.3 is 4.74 Å². The van der Waals surface area contributed by atoms with Crippen molar-refractivity contribution in [2.75, 3.05) is 17.3 Å². The van der Waals surface area contributed by atoms with Gasteiger partial charge in [-0.1, -0.05) is 35.5 Å². The summed E-state index contributed by atoms with van der Waals surface area (Å²) in [4.78, 5) is 12.2. The largest absolute Gasteiger partial charge is 0.486 e. The van der Waals surface area contributed by atoms with Crippen molar-refractivity contribution in [1.82, 2.24) is 14.9 Å². The zero-order valence-electron chi connectivity index (χ0n) is 12.5. The molecular weight excluding hydrogens is 336 g/mol. The molecule has 0 aliphatic carbocycles. The van der Waals surface area contributed by atoms with Gasteiger partial charge in [0.1, 0.15) is 12.4 Å². The molecule has 23 heavy (non-hydrogen) atoms. The third-order valence-electron chi connectivity index (χ3n) is 3.13. The minimum absolute atomic E-state index is 0.00181. The summed E-state index contributed by atoms with van der Waals surface area (Å²) >= 11 is 7.22. The maximum atomic E-state index is 12.2. The molecular formula is C15H15ClN4O2S. The van der Waals surface area contributed by atoms with Crippen LogP contribution in [0.15, 0.2) is 41.6 Å². The second-order valence-electron chi connectivity index (χ2n) is 5.15. The lowest BCUT2D eigenvalue weighted by molar-refractivity contribution is -0.118. The molecule has 0 radical (unpaired) electrons. The lowest BCUT2D eigenvalue weighted by Gasteiger charge is -2.29. The van der Waals surface area contributed by atoms with E-state index >= 15 is 0 Å². The molecule has 0 fully saturated rings. The average molecular weight is 351 g/mol. The highest BCUT2D eigenvalue weighted by Gasteiger charge is 2.29. The number of rotatable bonds is 5. The molecule has 8 heteroatoms. The van der Waals surface area contributed by atoms with Gasteiger partial charge in [-0.2, -0.15) is 0 Å². The van der Waals surface area contributed by atoms with Crippen LogP contribution < -0.4 is 9.75 Å². The number of fused-ring (bicyclic) bond motifs is 1. The van der Waals surface area contributed by atoms with Crippen LogP contribution in [0.3, 0.4) is 0 Å². The Labute approximate surface area is 143 Å². The Morgan fingerprint density at radius 2 is 2.13 bits per heavy atom. The van der Waals surface area contributed by atoms with Crippen LogP contribution >= 0.6 is 23.4 Å². The van der Waals surface area contributed by atoms with E-state index in [0.29, 0.717) is 34.1 Å². The quantitative estimate of drug-likeness (QED) is 0.776. The van der Waals surface area contributed by atoms with Crippen LogP contribution in [0.25, 0.3) is 0 Å². The van der Waals surface area contributed by atoms with Gasteiger partial charge in [0, 0.05) is 5.02 Å². The predicted octanol–water partition coefficient (Wildman–Crippen LogP) is 2.66. The standard InChI is InChI=1S/C15H15ClN4O2S/c1-10(2)7-19-14(21)9-23-15-18-17-13(20(15)19)8-22-12-5-3-11(16)4-6-12/h3-6H,1,7-9H2,2H3. The van der Waals surface area contributed by atoms with Crippen molar-refractivity contribution in [3.63, 3.8) is 0 Å². The molecule has 0 N–H and O–H groups in total. The highest BCUT2D eigenvalue weighted by atomic mass is 35.5. The Hall–Kier alpha value is -1.99. The third kappa shape index (κ3) is 3.51. The molecule has 0 spiro atoms. The summed E-state index contributed by atoms with van der Waals surface area (Å²) in [6.07, 6.45) is 0. The molecule has 1 aromatic heterocycles. The molecule has 3 rings (SSSR count). The van der Waals surface area contributed by atoms with Gasteiger partial charge in [0.25, 0.3) is 5.91 Å². The van der Waals surface area contributed by atoms with Crippen LogP contribution in [-0.4, -0.2) is 33.1 Å². The number of carbonyl (C=O) groups excluding carboxylic acids is 1. The van der Waals surface area contributed by atoms with E-state index in [0.717, 1.165) is 5.57 Å². The van der Waals surface area contributed by atoms with Crippen LogP contribution in [0.2, 0.25) is 5.02 Å². The number of aromatic nitrogens is 3. The van der Waals surface area contributed by atoms with E-state index in [4.69, 9.17) is 16.3 Å². The Morgan fingerprint density at radius 1 is 1.39 bits per heavy atom. The minimum Gasteiger partial charge on any atom is -0.486 e. The van der Waals surface area contributed by atoms with Gasteiger partial charge >= 0.3 is 0 Å². The van der Waals surface area contributed by atoms with Gasteiger partial charge in [-0.3, -0.25) is 4.79 Å². The number of thioether (sulfide) groups is 1. The summed E-state index contributed by atoms with van der Waals surface area (Å²) in [5.41, 5.74) is 0.884. The molecule has 2 heterocycles. The van der Waals surface area contributed by atoms with E-state index in [1.165, 1.54) is 11.8 Å². The topological polar surface area (TPSA) is 60.3 Å². The molecule has 0 bridgehead atoms. The first kappa shape index (κ1) is 15.9. The van der Waals surface area contributed by atoms with Gasteiger partial charge in [0.2, 0.25) is 5.16 Å². The van der Waals surface area contributed by atoms with Crippen LogP contribution in [0.4, 0.5) is 0 Å². The summed E-state index contributed by atoms with van der Waals surface area (Å²) in [7, 11) is 0. The number of hydrogen-bond acceptors (Lipinski definition) is 5. The fourth-order valence-electron chi connectivity index (χ4n) is 2.12. The molecule has 0 unspecified atom stereocenters. The molecule has 1 amide bonds. The SMILES string of the molecule is C=C(C)CN1C(=O)CSc2nnc(COc3ccc(Cl)cc3)n21. The van der Waals surface area contributed by atoms with Crippen LogP contribution in [0.1, 0.15) is 12.7 Å². The van der Waals surface area contributed by atoms with Crippen molar-refractivity contribution in [2.24, 2.45) is 0 Å². The van der Waals surface area contributed by atoms with Crippen LogP contribution in [-0.2, 0) is 11.4 Å². The highest BCUT2D eigenvalue weighted by Crippen LogP contribution is 2.24. The fourth-order valence-corrected chi connectivity index (χ4v) is 3.08. The van der Waals surface area contributed by atoms with E-state index in [1.807, 2.05) is 6.92 Å². The van der Waals surface area contributed by atoms with Crippen molar-refractivity contribution in [3.05, 3.63) is 47.3 Å². The summed E-state index contributed by atoms with van der Waals surface area (Å²) in [5, 5.41) is 11.2. The van der Waals surface area contributed by atoms with Crippen molar-refractivity contribution in [3.8, 4) is 5.75 Å². The Kier molecular flexibility index (Phi) is 4.58. The molecule has 1 aromatic carbocycles. The monoisotopic (exact) mass is 350 g/mol. The van der Waals surface area contributed by atoms with Gasteiger partial charge in [-0.15, -0.1) is 10.2 Å². The second-order valence-corrected chi connectivity index (χ2v) is 6.53. The minimum atomic E-state index is -0.00181. The number of benzene rings is 1. The number of carbonyl (C=O) groups is 1. The number of hydrogen-bond donors (Lipinski definition) is 0. The predicted molar refractivity (Wildman–Crippen MR) is 89.4 cm³/mol. The molecule has 0 saturated heterocycles. The zero-order valence-corrected chi connectivity index (χ0v) is 14.1. The number of ether oxygens (including phenoxy) is 1. The van der Waals surface area contributed by atoms with Crippen molar-refractivity contribution in [1.29, 1.82) is 0 Å².